The van der Waals surface area contributed by atoms with Gasteiger partial charge in [0.2, 0.25) is 17.7 Å². The molecule has 7 nitrogen and oxygen atoms in total. The predicted octanol–water partition coefficient (Wildman–Crippen LogP) is 0.180. The van der Waals surface area contributed by atoms with Gasteiger partial charge in [-0.25, -0.2) is 0 Å². The molecule has 0 unspecified atom stereocenters. The maximum absolute atomic E-state index is 11.8. The summed E-state index contributed by atoms with van der Waals surface area (Å²) in [5.41, 5.74) is 0.934. The van der Waals surface area contributed by atoms with Crippen molar-refractivity contribution in [2.75, 3.05) is 26.2 Å². The number of aryl methyl sites for hydroxylation is 1. The molecule has 1 fully saturated rings. The van der Waals surface area contributed by atoms with Gasteiger partial charge in [0.05, 0.1) is 13.1 Å². The lowest BCUT2D eigenvalue weighted by Crippen LogP contribution is -2.42. The Morgan fingerprint density at radius 2 is 1.58 bits per heavy atom. The lowest BCUT2D eigenvalue weighted by Gasteiger charge is -2.15. The number of rotatable bonds is 7. The molecule has 1 saturated heterocycles. The lowest BCUT2D eigenvalue weighted by molar-refractivity contribution is -0.132. The van der Waals surface area contributed by atoms with E-state index in [1.54, 1.807) is 29.2 Å². The molecule has 3 amide bonds. The molecule has 0 atom stereocenters. The Balaban J connectivity index is 1.59. The summed E-state index contributed by atoms with van der Waals surface area (Å²) in [4.78, 5) is 36.9. The number of carbonyl (C=O) groups excluding carboxylic acids is 3. The van der Waals surface area contributed by atoms with Gasteiger partial charge in [-0.2, -0.15) is 0 Å². The van der Waals surface area contributed by atoms with Gasteiger partial charge in [-0.3, -0.25) is 14.4 Å². The van der Waals surface area contributed by atoms with Gasteiger partial charge in [0.25, 0.3) is 0 Å². The van der Waals surface area contributed by atoms with E-state index in [1.807, 2.05) is 0 Å². The van der Waals surface area contributed by atoms with Crippen LogP contribution >= 0.6 is 0 Å². The molecule has 130 valence electrons. The van der Waals surface area contributed by atoms with Gasteiger partial charge in [0.1, 0.15) is 5.75 Å². The lowest BCUT2D eigenvalue weighted by atomic mass is 10.1. The van der Waals surface area contributed by atoms with E-state index in [9.17, 15) is 19.5 Å². The average molecular weight is 333 g/mol. The number of nitrogens with zero attached hydrogens (tertiary/aromatic N) is 1. The zero-order valence-corrected chi connectivity index (χ0v) is 13.6. The minimum atomic E-state index is -0.375. The van der Waals surface area contributed by atoms with Gasteiger partial charge < -0.3 is 20.6 Å². The topological polar surface area (TPSA) is 98.7 Å². The molecule has 0 bridgehead atoms. The van der Waals surface area contributed by atoms with Crippen molar-refractivity contribution in [3.05, 3.63) is 29.8 Å². The van der Waals surface area contributed by atoms with Crippen molar-refractivity contribution < 1.29 is 19.5 Å². The zero-order valence-electron chi connectivity index (χ0n) is 13.6. The Bertz CT molecular complexity index is 580. The minimum absolute atomic E-state index is 0.0256. The van der Waals surface area contributed by atoms with Gasteiger partial charge >= 0.3 is 0 Å². The highest BCUT2D eigenvalue weighted by Crippen LogP contribution is 2.11. The zero-order chi connectivity index (χ0) is 17.4. The highest BCUT2D eigenvalue weighted by Gasteiger charge is 2.18. The van der Waals surface area contributed by atoms with Gasteiger partial charge in [-0.05, 0) is 37.0 Å². The van der Waals surface area contributed by atoms with Crippen LogP contribution in [0.5, 0.6) is 5.75 Å². The summed E-state index contributed by atoms with van der Waals surface area (Å²) < 4.78 is 0. The molecule has 0 radical (unpaired) electrons. The van der Waals surface area contributed by atoms with E-state index >= 15 is 0 Å². The summed E-state index contributed by atoms with van der Waals surface area (Å²) >= 11 is 0. The van der Waals surface area contributed by atoms with Crippen molar-refractivity contribution in [1.29, 1.82) is 0 Å². The van der Waals surface area contributed by atoms with Gasteiger partial charge in [-0.1, -0.05) is 12.1 Å². The van der Waals surface area contributed by atoms with E-state index in [0.717, 1.165) is 31.5 Å². The van der Waals surface area contributed by atoms with Crippen LogP contribution in [-0.2, 0) is 20.8 Å². The Morgan fingerprint density at radius 1 is 0.958 bits per heavy atom. The van der Waals surface area contributed by atoms with E-state index in [2.05, 4.69) is 10.6 Å². The molecule has 0 aliphatic carbocycles. The van der Waals surface area contributed by atoms with Crippen LogP contribution in [0.1, 0.15) is 24.8 Å². The number of hydrogen-bond donors (Lipinski definition) is 3. The third kappa shape index (κ3) is 5.91. The van der Waals surface area contributed by atoms with Gasteiger partial charge in [-0.15, -0.1) is 0 Å². The first kappa shape index (κ1) is 17.8. The quantitative estimate of drug-likeness (QED) is 0.663. The van der Waals surface area contributed by atoms with Crippen LogP contribution < -0.4 is 10.6 Å². The third-order valence-corrected chi connectivity index (χ3v) is 3.92. The molecule has 0 aromatic heterocycles. The Hall–Kier alpha value is -2.57. The van der Waals surface area contributed by atoms with Crippen LogP contribution in [-0.4, -0.2) is 53.9 Å². The molecule has 0 saturated carbocycles. The number of phenolic OH excluding ortho intramolecular Hbond substituents is 1. The summed E-state index contributed by atoms with van der Waals surface area (Å²) in [6.07, 6.45) is 2.81. The maximum atomic E-state index is 11.8. The predicted molar refractivity (Wildman–Crippen MR) is 88.3 cm³/mol. The summed E-state index contributed by atoms with van der Waals surface area (Å²) in [6, 6.07) is 6.63. The number of aromatic hydroxyl groups is 1. The number of phenols is 1. The molecule has 1 heterocycles. The van der Waals surface area contributed by atoms with Crippen LogP contribution in [0.15, 0.2) is 24.3 Å². The Kier molecular flexibility index (Phi) is 6.60. The van der Waals surface area contributed by atoms with E-state index < -0.39 is 0 Å². The molecule has 1 aromatic rings. The van der Waals surface area contributed by atoms with Crippen molar-refractivity contribution >= 4 is 17.7 Å². The molecule has 0 spiro atoms. The second kappa shape index (κ2) is 8.90. The SMILES string of the molecule is O=C(CCc1ccc(O)cc1)NCC(=O)NCC(=O)N1CCCC1. The molecule has 7 heteroatoms. The summed E-state index contributed by atoms with van der Waals surface area (Å²) in [6.45, 7) is 1.34. The van der Waals surface area contributed by atoms with Crippen molar-refractivity contribution in [2.24, 2.45) is 0 Å². The van der Waals surface area contributed by atoms with E-state index in [1.165, 1.54) is 0 Å². The normalized spacial score (nSPS) is 13.6. The molecule has 3 N–H and O–H groups in total. The molecule has 24 heavy (non-hydrogen) atoms. The van der Waals surface area contributed by atoms with E-state index in [4.69, 9.17) is 0 Å². The van der Waals surface area contributed by atoms with Crippen LogP contribution in [0.25, 0.3) is 0 Å². The van der Waals surface area contributed by atoms with E-state index in [0.29, 0.717) is 6.42 Å². The first-order chi connectivity index (χ1) is 11.5. The number of nitrogens with one attached hydrogen (secondary N) is 2. The van der Waals surface area contributed by atoms with Crippen LogP contribution in [0.3, 0.4) is 0 Å². The summed E-state index contributed by atoms with van der Waals surface area (Å²) in [5.74, 6) is -0.507. The van der Waals surface area contributed by atoms with Crippen molar-refractivity contribution in [3.8, 4) is 5.75 Å². The molecular formula is C17H23N3O4. The number of hydrogen-bond acceptors (Lipinski definition) is 4. The highest BCUT2D eigenvalue weighted by atomic mass is 16.3. The fraction of sp³-hybridized carbons (Fsp3) is 0.471. The summed E-state index contributed by atoms with van der Waals surface area (Å²) in [5, 5.41) is 14.2. The van der Waals surface area contributed by atoms with Crippen LogP contribution in [0, 0.1) is 0 Å². The first-order valence-corrected chi connectivity index (χ1v) is 8.13. The number of likely N-dealkylation sites (tertiary alicyclic amines) is 1. The second-order valence-electron chi connectivity index (χ2n) is 5.81. The van der Waals surface area contributed by atoms with E-state index in [-0.39, 0.29) is 43.0 Å². The third-order valence-electron chi connectivity index (χ3n) is 3.92. The number of benzene rings is 1. The molecule has 1 aliphatic rings. The fourth-order valence-corrected chi connectivity index (χ4v) is 2.50. The largest absolute Gasteiger partial charge is 0.508 e. The molecule has 1 aromatic carbocycles. The van der Waals surface area contributed by atoms with Crippen molar-refractivity contribution in [3.63, 3.8) is 0 Å². The number of amides is 3. The fourth-order valence-electron chi connectivity index (χ4n) is 2.50. The standard InChI is InChI=1S/C17H23N3O4/c21-14-6-3-13(4-7-14)5-8-15(22)18-11-16(23)19-12-17(24)20-9-1-2-10-20/h3-4,6-7,21H,1-2,5,8-12H2,(H,18,22)(H,19,23). The maximum Gasteiger partial charge on any atom is 0.241 e. The van der Waals surface area contributed by atoms with Crippen LogP contribution in [0.2, 0.25) is 0 Å². The van der Waals surface area contributed by atoms with Crippen molar-refractivity contribution in [2.45, 2.75) is 25.7 Å². The summed E-state index contributed by atoms with van der Waals surface area (Å²) in [7, 11) is 0. The monoisotopic (exact) mass is 333 g/mol. The minimum Gasteiger partial charge on any atom is -0.508 e. The Morgan fingerprint density at radius 3 is 2.25 bits per heavy atom. The Labute approximate surface area is 141 Å². The average Bonchev–Trinajstić information content (AvgIpc) is 3.12. The molecule has 1 aliphatic heterocycles. The first-order valence-electron chi connectivity index (χ1n) is 8.13. The highest BCUT2D eigenvalue weighted by molar-refractivity contribution is 5.88. The molecular weight excluding hydrogens is 310 g/mol. The van der Waals surface area contributed by atoms with Gasteiger partial charge in [0, 0.05) is 19.5 Å². The number of carbonyl (C=O) groups is 3. The smallest absolute Gasteiger partial charge is 0.241 e. The van der Waals surface area contributed by atoms with Gasteiger partial charge in [0.15, 0.2) is 0 Å². The molecule has 2 rings (SSSR count). The second-order valence-corrected chi connectivity index (χ2v) is 5.81. The van der Waals surface area contributed by atoms with Crippen molar-refractivity contribution in [1.82, 2.24) is 15.5 Å². The van der Waals surface area contributed by atoms with Crippen LogP contribution in [0.4, 0.5) is 0 Å².